The van der Waals surface area contributed by atoms with E-state index in [0.29, 0.717) is 54.8 Å². The van der Waals surface area contributed by atoms with Gasteiger partial charge < -0.3 is 29.3 Å². The minimum Gasteiger partial charge on any atom is -0.497 e. The third-order valence-corrected chi connectivity index (χ3v) is 5.83. The maximum absolute atomic E-state index is 12.6. The predicted molar refractivity (Wildman–Crippen MR) is 136 cm³/mol. The van der Waals surface area contributed by atoms with Crippen LogP contribution < -0.4 is 24.4 Å². The molecule has 1 aromatic heterocycles. The number of nitrogens with zero attached hydrogens (tertiary/aromatic N) is 4. The van der Waals surface area contributed by atoms with Crippen molar-refractivity contribution >= 4 is 23.3 Å². The standard InChI is InChI=1S/C26H29N5O5/c1-18(32)27-19-4-6-20(7-5-19)36-17-26(33)31-14-12-30(13-15-31)25-11-9-23(28-29-25)22-16-21(34-2)8-10-24(22)35-3/h4-11,16H,12-15,17H2,1-3H3,(H,27,32). The number of aromatic nitrogens is 2. The van der Waals surface area contributed by atoms with Crippen LogP contribution in [0, 0.1) is 0 Å². The molecule has 10 nitrogen and oxygen atoms in total. The molecule has 1 saturated heterocycles. The Balaban J connectivity index is 1.29. The second kappa shape index (κ2) is 11.4. The zero-order valence-corrected chi connectivity index (χ0v) is 20.6. The van der Waals surface area contributed by atoms with Gasteiger partial charge in [-0.25, -0.2) is 0 Å². The fourth-order valence-electron chi connectivity index (χ4n) is 3.91. The number of methoxy groups -OCH3 is 2. The van der Waals surface area contributed by atoms with E-state index in [0.717, 1.165) is 11.4 Å². The molecule has 0 spiro atoms. The largest absolute Gasteiger partial charge is 0.497 e. The minimum atomic E-state index is -0.142. The fourth-order valence-corrected chi connectivity index (χ4v) is 3.91. The molecular weight excluding hydrogens is 462 g/mol. The van der Waals surface area contributed by atoms with Crippen LogP contribution in [0.5, 0.6) is 17.2 Å². The number of piperazine rings is 1. The van der Waals surface area contributed by atoms with E-state index < -0.39 is 0 Å². The number of anilines is 2. The van der Waals surface area contributed by atoms with Gasteiger partial charge in [-0.05, 0) is 54.6 Å². The van der Waals surface area contributed by atoms with Gasteiger partial charge in [0.05, 0.1) is 19.9 Å². The van der Waals surface area contributed by atoms with Crippen molar-refractivity contribution in [2.45, 2.75) is 6.92 Å². The van der Waals surface area contributed by atoms with Gasteiger partial charge in [0.15, 0.2) is 12.4 Å². The summed E-state index contributed by atoms with van der Waals surface area (Å²) < 4.78 is 16.4. The first kappa shape index (κ1) is 24.8. The maximum atomic E-state index is 12.6. The number of nitrogens with one attached hydrogen (secondary N) is 1. The van der Waals surface area contributed by atoms with Crippen LogP contribution in [0.15, 0.2) is 54.6 Å². The highest BCUT2D eigenvalue weighted by atomic mass is 16.5. The molecule has 1 fully saturated rings. The van der Waals surface area contributed by atoms with Crippen molar-refractivity contribution in [2.75, 3.05) is 57.2 Å². The van der Waals surface area contributed by atoms with E-state index in [-0.39, 0.29) is 18.4 Å². The number of ether oxygens (including phenoxy) is 3. The molecule has 10 heteroatoms. The van der Waals surface area contributed by atoms with Crippen molar-refractivity contribution in [1.29, 1.82) is 0 Å². The van der Waals surface area contributed by atoms with E-state index in [1.54, 1.807) is 43.4 Å². The quantitative estimate of drug-likeness (QED) is 0.513. The van der Waals surface area contributed by atoms with Crippen LogP contribution in [0.25, 0.3) is 11.3 Å². The van der Waals surface area contributed by atoms with Gasteiger partial charge in [0.1, 0.15) is 17.2 Å². The molecular formula is C26H29N5O5. The Kier molecular flexibility index (Phi) is 7.84. The van der Waals surface area contributed by atoms with Gasteiger partial charge in [0.2, 0.25) is 5.91 Å². The number of carbonyl (C=O) groups excluding carboxylic acids is 2. The molecule has 0 atom stereocenters. The number of rotatable bonds is 8. The lowest BCUT2D eigenvalue weighted by molar-refractivity contribution is -0.133. The molecule has 2 amide bonds. The molecule has 36 heavy (non-hydrogen) atoms. The average Bonchev–Trinajstić information content (AvgIpc) is 2.92. The van der Waals surface area contributed by atoms with E-state index >= 15 is 0 Å². The smallest absolute Gasteiger partial charge is 0.260 e. The molecule has 0 saturated carbocycles. The first-order chi connectivity index (χ1) is 17.5. The Morgan fingerprint density at radius 2 is 1.61 bits per heavy atom. The molecule has 188 valence electrons. The maximum Gasteiger partial charge on any atom is 0.260 e. The molecule has 0 aliphatic carbocycles. The molecule has 1 N–H and O–H groups in total. The molecule has 3 aromatic rings. The lowest BCUT2D eigenvalue weighted by atomic mass is 10.1. The van der Waals surface area contributed by atoms with Crippen LogP contribution in [0.4, 0.5) is 11.5 Å². The molecule has 2 heterocycles. The van der Waals surface area contributed by atoms with Gasteiger partial charge >= 0.3 is 0 Å². The van der Waals surface area contributed by atoms with Crippen LogP contribution in [-0.4, -0.2) is 73.9 Å². The summed E-state index contributed by atoms with van der Waals surface area (Å²) in [5.41, 5.74) is 2.16. The molecule has 1 aliphatic heterocycles. The lowest BCUT2D eigenvalue weighted by Gasteiger charge is -2.35. The van der Waals surface area contributed by atoms with Crippen molar-refractivity contribution in [1.82, 2.24) is 15.1 Å². The second-order valence-electron chi connectivity index (χ2n) is 8.21. The monoisotopic (exact) mass is 491 g/mol. The minimum absolute atomic E-state index is 0.0453. The van der Waals surface area contributed by atoms with E-state index in [1.807, 2.05) is 30.3 Å². The molecule has 0 radical (unpaired) electrons. The van der Waals surface area contributed by atoms with Gasteiger partial charge in [-0.1, -0.05) is 0 Å². The summed E-state index contributed by atoms with van der Waals surface area (Å²) in [5, 5.41) is 11.5. The lowest BCUT2D eigenvalue weighted by Crippen LogP contribution is -2.50. The van der Waals surface area contributed by atoms with Crippen LogP contribution in [0.2, 0.25) is 0 Å². The Bertz CT molecular complexity index is 1190. The average molecular weight is 492 g/mol. The zero-order chi connectivity index (χ0) is 25.5. The Morgan fingerprint density at radius 3 is 2.22 bits per heavy atom. The molecule has 4 rings (SSSR count). The van der Waals surface area contributed by atoms with E-state index in [1.165, 1.54) is 6.92 Å². The number of hydrogen-bond donors (Lipinski definition) is 1. The Labute approximate surface area is 209 Å². The van der Waals surface area contributed by atoms with Crippen molar-refractivity contribution in [2.24, 2.45) is 0 Å². The normalized spacial score (nSPS) is 13.2. The number of hydrogen-bond acceptors (Lipinski definition) is 8. The highest BCUT2D eigenvalue weighted by Gasteiger charge is 2.23. The highest BCUT2D eigenvalue weighted by Crippen LogP contribution is 2.32. The summed E-state index contributed by atoms with van der Waals surface area (Å²) in [6.07, 6.45) is 0. The molecule has 1 aliphatic rings. The third kappa shape index (κ3) is 6.01. The molecule has 0 unspecified atom stereocenters. The molecule has 0 bridgehead atoms. The summed E-state index contributed by atoms with van der Waals surface area (Å²) in [7, 11) is 3.23. The third-order valence-electron chi connectivity index (χ3n) is 5.83. The fraction of sp³-hybridized carbons (Fsp3) is 0.308. The summed E-state index contributed by atoms with van der Waals surface area (Å²) in [6.45, 7) is 3.83. The highest BCUT2D eigenvalue weighted by molar-refractivity contribution is 5.88. The topological polar surface area (TPSA) is 106 Å². The Hall–Kier alpha value is -4.34. The van der Waals surface area contributed by atoms with E-state index in [9.17, 15) is 9.59 Å². The molecule has 2 aromatic carbocycles. The predicted octanol–water partition coefficient (Wildman–Crippen LogP) is 2.85. The number of carbonyl (C=O) groups is 2. The van der Waals surface area contributed by atoms with Gasteiger partial charge in [0, 0.05) is 44.4 Å². The second-order valence-corrected chi connectivity index (χ2v) is 8.21. The van der Waals surface area contributed by atoms with E-state index in [2.05, 4.69) is 20.4 Å². The van der Waals surface area contributed by atoms with Gasteiger partial charge in [-0.3, -0.25) is 9.59 Å². The van der Waals surface area contributed by atoms with Crippen LogP contribution in [-0.2, 0) is 9.59 Å². The van der Waals surface area contributed by atoms with Gasteiger partial charge in [-0.15, -0.1) is 10.2 Å². The number of benzene rings is 2. The summed E-state index contributed by atoms with van der Waals surface area (Å²) in [4.78, 5) is 27.6. The summed E-state index contributed by atoms with van der Waals surface area (Å²) in [5.74, 6) is 2.51. The summed E-state index contributed by atoms with van der Waals surface area (Å²) >= 11 is 0. The van der Waals surface area contributed by atoms with Crippen molar-refractivity contribution in [3.05, 3.63) is 54.6 Å². The zero-order valence-electron chi connectivity index (χ0n) is 20.6. The van der Waals surface area contributed by atoms with E-state index in [4.69, 9.17) is 14.2 Å². The Morgan fingerprint density at radius 1 is 0.889 bits per heavy atom. The first-order valence-electron chi connectivity index (χ1n) is 11.6. The number of amides is 2. The first-order valence-corrected chi connectivity index (χ1v) is 11.6. The summed E-state index contributed by atoms with van der Waals surface area (Å²) in [6, 6.07) is 16.3. The van der Waals surface area contributed by atoms with Crippen LogP contribution in [0.3, 0.4) is 0 Å². The van der Waals surface area contributed by atoms with Crippen molar-refractivity contribution in [3.8, 4) is 28.5 Å². The van der Waals surface area contributed by atoms with Crippen LogP contribution >= 0.6 is 0 Å². The van der Waals surface area contributed by atoms with Crippen LogP contribution in [0.1, 0.15) is 6.92 Å². The SMILES string of the molecule is COc1ccc(OC)c(-c2ccc(N3CCN(C(=O)COc4ccc(NC(C)=O)cc4)CC3)nn2)c1. The van der Waals surface area contributed by atoms with Gasteiger partial charge in [-0.2, -0.15) is 0 Å². The van der Waals surface area contributed by atoms with Crippen molar-refractivity contribution < 1.29 is 23.8 Å². The van der Waals surface area contributed by atoms with Gasteiger partial charge in [0.25, 0.3) is 5.91 Å². The van der Waals surface area contributed by atoms with Crippen molar-refractivity contribution in [3.63, 3.8) is 0 Å².